The molecule has 6 nitrogen and oxygen atoms in total. The van der Waals surface area contributed by atoms with Crippen LogP contribution in [0.3, 0.4) is 0 Å². The highest BCUT2D eigenvalue weighted by Gasteiger charge is 2.06. The first-order chi connectivity index (χ1) is 7.51. The molecule has 8 heteroatoms. The second kappa shape index (κ2) is 5.60. The van der Waals surface area contributed by atoms with Gasteiger partial charge in [0.05, 0.1) is 6.61 Å². The summed E-state index contributed by atoms with van der Waals surface area (Å²) in [4.78, 5) is 2.99. The Labute approximate surface area is 94.1 Å². The van der Waals surface area contributed by atoms with Crippen molar-refractivity contribution < 1.29 is 17.2 Å². The van der Waals surface area contributed by atoms with Gasteiger partial charge in [0.1, 0.15) is 0 Å². The van der Waals surface area contributed by atoms with Crippen LogP contribution in [0.5, 0.6) is 0 Å². The summed E-state index contributed by atoms with van der Waals surface area (Å²) in [6.45, 7) is -0.120. The lowest BCUT2D eigenvalue weighted by atomic mass is 9.67. The molecule has 0 saturated carbocycles. The summed E-state index contributed by atoms with van der Waals surface area (Å²) in [6.07, 6.45) is 0.343. The van der Waals surface area contributed by atoms with Crippen molar-refractivity contribution in [2.24, 2.45) is 0 Å². The highest BCUT2D eigenvalue weighted by Crippen LogP contribution is 2.07. The maximum absolute atomic E-state index is 10.2. The monoisotopic (exact) mass is 240 g/mol. The van der Waals surface area contributed by atoms with E-state index in [0.717, 1.165) is 5.46 Å². The van der Waals surface area contributed by atoms with Gasteiger partial charge in [-0.1, -0.05) is 23.9 Å². The fourth-order valence-corrected chi connectivity index (χ4v) is 1.36. The maximum Gasteiger partial charge on any atom is 0.397 e. The Kier molecular flexibility index (Phi) is 4.43. The lowest BCUT2D eigenvalue weighted by Crippen LogP contribution is -2.16. The molecule has 16 heavy (non-hydrogen) atoms. The Morgan fingerprint density at radius 1 is 1.38 bits per heavy atom. The minimum atomic E-state index is -4.36. The van der Waals surface area contributed by atoms with E-state index in [1.54, 1.807) is 31.5 Å². The predicted octanol–water partition coefficient (Wildman–Crippen LogP) is 0.738. The van der Waals surface area contributed by atoms with Crippen LogP contribution in [0.2, 0.25) is 6.32 Å². The zero-order valence-electron chi connectivity index (χ0n) is 8.28. The van der Waals surface area contributed by atoms with Crippen LogP contribution in [0.25, 0.3) is 4.98 Å². The van der Waals surface area contributed by atoms with Crippen molar-refractivity contribution in [3.8, 4) is 0 Å². The van der Waals surface area contributed by atoms with Gasteiger partial charge in [-0.15, -0.1) is 0 Å². The Morgan fingerprint density at radius 3 is 2.50 bits per heavy atom. The molecule has 0 amide bonds. The van der Waals surface area contributed by atoms with Gasteiger partial charge in [0.2, 0.25) is 5.39 Å². The standard InChI is InChI=1S/C8H8BN2O4S/c10-11-8-3-1-7(2-4-8)9-5-6-15-16(12,13)14/h1-4H,5-6H2/p+1. The van der Waals surface area contributed by atoms with Crippen LogP contribution >= 0.6 is 0 Å². The average Bonchev–Trinajstić information content (AvgIpc) is 2.24. The third-order valence-electron chi connectivity index (χ3n) is 1.74. The van der Waals surface area contributed by atoms with E-state index in [1.807, 2.05) is 0 Å². The van der Waals surface area contributed by atoms with Crippen molar-refractivity contribution in [1.82, 2.24) is 0 Å². The van der Waals surface area contributed by atoms with Crippen LogP contribution in [0.1, 0.15) is 0 Å². The van der Waals surface area contributed by atoms with Gasteiger partial charge in [-0.3, -0.25) is 4.55 Å². The van der Waals surface area contributed by atoms with Gasteiger partial charge in [-0.05, 0) is 0 Å². The van der Waals surface area contributed by atoms with Crippen molar-refractivity contribution in [1.29, 1.82) is 5.39 Å². The molecule has 0 aliphatic heterocycles. The minimum absolute atomic E-state index is 0.120. The smallest absolute Gasteiger partial charge is 0.264 e. The summed E-state index contributed by atoms with van der Waals surface area (Å²) < 4.78 is 32.8. The third kappa shape index (κ3) is 4.88. The summed E-state index contributed by atoms with van der Waals surface area (Å²) in [5, 5.41) is 8.43. The van der Waals surface area contributed by atoms with E-state index in [2.05, 4.69) is 9.16 Å². The van der Waals surface area contributed by atoms with E-state index in [-0.39, 0.29) is 6.61 Å². The van der Waals surface area contributed by atoms with Gasteiger partial charge in [-0.25, -0.2) is 4.18 Å². The number of hydrogen-bond acceptors (Lipinski definition) is 4. The number of diazo groups is 1. The van der Waals surface area contributed by atoms with Gasteiger partial charge in [0.15, 0.2) is 12.3 Å². The molecule has 1 aromatic carbocycles. The van der Waals surface area contributed by atoms with E-state index in [9.17, 15) is 8.42 Å². The van der Waals surface area contributed by atoms with E-state index in [0.29, 0.717) is 12.0 Å². The molecule has 0 aromatic heterocycles. The Bertz CT molecular complexity index is 480. The largest absolute Gasteiger partial charge is 0.397 e. The quantitative estimate of drug-likeness (QED) is 0.354. The molecule has 0 unspecified atom stereocenters. The first-order valence-electron chi connectivity index (χ1n) is 4.41. The van der Waals surface area contributed by atoms with Crippen molar-refractivity contribution >= 4 is 28.8 Å². The van der Waals surface area contributed by atoms with E-state index < -0.39 is 10.4 Å². The van der Waals surface area contributed by atoms with E-state index in [1.165, 1.54) is 0 Å². The molecule has 0 heterocycles. The lowest BCUT2D eigenvalue weighted by Gasteiger charge is -1.98. The molecule has 1 N–H and O–H groups in total. The molecule has 1 rings (SSSR count). The minimum Gasteiger partial charge on any atom is -0.264 e. The predicted molar refractivity (Wildman–Crippen MR) is 58.9 cm³/mol. The molecule has 0 saturated heterocycles. The van der Waals surface area contributed by atoms with Crippen LogP contribution < -0.4 is 5.46 Å². The van der Waals surface area contributed by atoms with Crippen LogP contribution in [-0.2, 0) is 14.6 Å². The van der Waals surface area contributed by atoms with Crippen LogP contribution in [0, 0.1) is 5.39 Å². The molecule has 0 spiro atoms. The SMILES string of the molecule is N#[N+]c1ccc([B]CCOS(=O)(=O)O)cc1. The topological polar surface area (TPSA) is 91.8 Å². The normalized spacial score (nSPS) is 10.8. The average molecular weight is 240 g/mol. The first kappa shape index (κ1) is 12.6. The second-order valence-corrected chi connectivity index (χ2v) is 4.03. The lowest BCUT2D eigenvalue weighted by molar-refractivity contribution is 0.283. The zero-order chi connectivity index (χ0) is 12.0. The van der Waals surface area contributed by atoms with Gasteiger partial charge >= 0.3 is 16.1 Å². The zero-order valence-corrected chi connectivity index (χ0v) is 9.09. The fraction of sp³-hybridized carbons (Fsp3) is 0.250. The molecule has 0 bridgehead atoms. The van der Waals surface area contributed by atoms with Crippen LogP contribution in [0.15, 0.2) is 24.3 Å². The summed E-state index contributed by atoms with van der Waals surface area (Å²) in [5.41, 5.74) is 1.28. The van der Waals surface area contributed by atoms with Crippen molar-refractivity contribution in [3.63, 3.8) is 0 Å². The summed E-state index contributed by atoms with van der Waals surface area (Å²) in [5.74, 6) is 0. The van der Waals surface area contributed by atoms with E-state index >= 15 is 0 Å². The molecule has 1 radical (unpaired) electrons. The van der Waals surface area contributed by atoms with E-state index in [4.69, 9.17) is 9.95 Å². The van der Waals surface area contributed by atoms with Crippen LogP contribution in [0.4, 0.5) is 5.69 Å². The second-order valence-electron chi connectivity index (χ2n) is 2.93. The highest BCUT2D eigenvalue weighted by molar-refractivity contribution is 7.80. The van der Waals surface area contributed by atoms with Crippen molar-refractivity contribution in [2.45, 2.75) is 6.32 Å². The molecule has 0 atom stereocenters. The van der Waals surface area contributed by atoms with Crippen molar-refractivity contribution in [2.75, 3.05) is 6.61 Å². The summed E-state index contributed by atoms with van der Waals surface area (Å²) >= 11 is 0. The van der Waals surface area contributed by atoms with Gasteiger partial charge in [-0.2, -0.15) is 8.42 Å². The third-order valence-corrected chi connectivity index (χ3v) is 2.20. The Hall–Kier alpha value is -1.43. The first-order valence-corrected chi connectivity index (χ1v) is 5.78. The molecule has 0 fully saturated rings. The fourth-order valence-electron chi connectivity index (χ4n) is 1.06. The Morgan fingerprint density at radius 2 is 2.00 bits per heavy atom. The van der Waals surface area contributed by atoms with Crippen LogP contribution in [-0.4, -0.2) is 26.9 Å². The molecular weight excluding hydrogens is 231 g/mol. The molecular formula is C8H9BN2O4S+. The molecule has 0 aliphatic rings. The van der Waals surface area contributed by atoms with Crippen molar-refractivity contribution in [3.05, 3.63) is 29.2 Å². The molecule has 83 valence electrons. The number of nitrogens with zero attached hydrogens (tertiary/aromatic N) is 2. The van der Waals surface area contributed by atoms with Gasteiger partial charge in [0, 0.05) is 12.1 Å². The summed E-state index contributed by atoms with van der Waals surface area (Å²) in [7, 11) is -2.63. The number of hydrogen-bond donors (Lipinski definition) is 1. The van der Waals surface area contributed by atoms with Gasteiger partial charge in [0.25, 0.3) is 0 Å². The molecule has 0 aliphatic carbocycles. The highest BCUT2D eigenvalue weighted by atomic mass is 32.3. The summed E-state index contributed by atoms with van der Waals surface area (Å²) in [6, 6.07) is 6.63. The molecule has 1 aromatic rings. The maximum atomic E-state index is 10.2. The number of rotatable bonds is 5. The van der Waals surface area contributed by atoms with Gasteiger partial charge < -0.3 is 0 Å². The number of benzene rings is 1. The Balaban J connectivity index is 2.36.